The van der Waals surface area contributed by atoms with Gasteiger partial charge in [0.15, 0.2) is 0 Å². The first-order valence-corrected chi connectivity index (χ1v) is 7.87. The minimum absolute atomic E-state index is 0.0755. The van der Waals surface area contributed by atoms with Crippen LogP contribution in [0.5, 0.6) is 11.5 Å². The maximum absolute atomic E-state index is 11.4. The highest BCUT2D eigenvalue weighted by atomic mass is 16.4. The molecule has 2 atom stereocenters. The molecule has 0 amide bonds. The molecule has 138 valence electrons. The van der Waals surface area contributed by atoms with Crippen molar-refractivity contribution < 1.29 is 30.0 Å². The standard InChI is InChI=1S/C18H20N2O6/c21-13-5-1-11(2-6-13)9-15(17(23)24)19-20-16(18(25)26)10-12-3-7-14(22)8-4-12/h1-8,15-16,19-22H,9-10H2,(H,23,24)(H,25,26)/t15-,16-/m0/s1. The Morgan fingerprint density at radius 1 is 0.692 bits per heavy atom. The number of carboxylic acid groups (broad SMARTS) is 2. The van der Waals surface area contributed by atoms with Gasteiger partial charge in [0, 0.05) is 0 Å². The summed E-state index contributed by atoms with van der Waals surface area (Å²) < 4.78 is 0. The van der Waals surface area contributed by atoms with Crippen molar-refractivity contribution in [1.82, 2.24) is 10.9 Å². The number of hydrogen-bond donors (Lipinski definition) is 6. The number of rotatable bonds is 9. The van der Waals surface area contributed by atoms with Crippen molar-refractivity contribution in [2.24, 2.45) is 0 Å². The van der Waals surface area contributed by atoms with E-state index in [0.29, 0.717) is 11.1 Å². The molecule has 0 spiro atoms. The van der Waals surface area contributed by atoms with Crippen molar-refractivity contribution in [2.75, 3.05) is 0 Å². The van der Waals surface area contributed by atoms with Crippen LogP contribution in [-0.4, -0.2) is 44.4 Å². The third-order valence-corrected chi connectivity index (χ3v) is 3.78. The summed E-state index contributed by atoms with van der Waals surface area (Å²) in [6, 6.07) is 10.1. The van der Waals surface area contributed by atoms with Crippen LogP contribution in [0.25, 0.3) is 0 Å². The number of phenolic OH excluding ortho intramolecular Hbond substituents is 2. The Morgan fingerprint density at radius 3 is 1.27 bits per heavy atom. The van der Waals surface area contributed by atoms with Gasteiger partial charge in [-0.15, -0.1) is 0 Å². The molecule has 2 rings (SSSR count). The van der Waals surface area contributed by atoms with Crippen LogP contribution in [0.2, 0.25) is 0 Å². The summed E-state index contributed by atoms with van der Waals surface area (Å²) in [5, 5.41) is 37.2. The molecule has 8 nitrogen and oxygen atoms in total. The SMILES string of the molecule is O=C(O)[C@H](Cc1ccc(O)cc1)NN[C@@H](Cc1ccc(O)cc1)C(=O)O. The van der Waals surface area contributed by atoms with E-state index >= 15 is 0 Å². The summed E-state index contributed by atoms with van der Waals surface area (Å²) >= 11 is 0. The molecule has 0 bridgehead atoms. The van der Waals surface area contributed by atoms with E-state index in [0.717, 1.165) is 0 Å². The second kappa shape index (κ2) is 8.84. The minimum Gasteiger partial charge on any atom is -0.508 e. The van der Waals surface area contributed by atoms with Gasteiger partial charge in [-0.3, -0.25) is 9.59 Å². The Balaban J connectivity index is 1.99. The number of aliphatic carboxylic acids is 2. The first kappa shape index (κ1) is 19.2. The second-order valence-electron chi connectivity index (χ2n) is 5.81. The quantitative estimate of drug-likeness (QED) is 0.362. The number of carboxylic acids is 2. The second-order valence-corrected chi connectivity index (χ2v) is 5.81. The average Bonchev–Trinajstić information content (AvgIpc) is 2.60. The van der Waals surface area contributed by atoms with Gasteiger partial charge in [0.2, 0.25) is 0 Å². The molecule has 0 aromatic heterocycles. The minimum atomic E-state index is -1.14. The zero-order valence-corrected chi connectivity index (χ0v) is 13.8. The molecular weight excluding hydrogens is 340 g/mol. The van der Waals surface area contributed by atoms with Gasteiger partial charge in [0.25, 0.3) is 0 Å². The zero-order valence-electron chi connectivity index (χ0n) is 13.8. The summed E-state index contributed by atoms with van der Waals surface area (Å²) in [7, 11) is 0. The van der Waals surface area contributed by atoms with Gasteiger partial charge >= 0.3 is 11.9 Å². The third-order valence-electron chi connectivity index (χ3n) is 3.78. The van der Waals surface area contributed by atoms with E-state index in [1.54, 1.807) is 24.3 Å². The molecule has 0 aliphatic carbocycles. The molecule has 0 aliphatic heterocycles. The normalized spacial score (nSPS) is 13.1. The van der Waals surface area contributed by atoms with Gasteiger partial charge in [0.1, 0.15) is 23.6 Å². The van der Waals surface area contributed by atoms with Crippen LogP contribution in [-0.2, 0) is 22.4 Å². The number of aromatic hydroxyl groups is 2. The molecule has 26 heavy (non-hydrogen) atoms. The fraction of sp³-hybridized carbons (Fsp3) is 0.222. The van der Waals surface area contributed by atoms with E-state index in [1.165, 1.54) is 24.3 Å². The number of carbonyl (C=O) groups is 2. The first-order chi connectivity index (χ1) is 12.3. The van der Waals surface area contributed by atoms with Crippen LogP contribution in [0.4, 0.5) is 0 Å². The number of nitrogens with one attached hydrogen (secondary N) is 2. The first-order valence-electron chi connectivity index (χ1n) is 7.87. The van der Waals surface area contributed by atoms with Crippen LogP contribution in [0.1, 0.15) is 11.1 Å². The van der Waals surface area contributed by atoms with Crippen LogP contribution in [0.3, 0.4) is 0 Å². The summed E-state index contributed by atoms with van der Waals surface area (Å²) in [6.45, 7) is 0. The van der Waals surface area contributed by atoms with E-state index in [4.69, 9.17) is 0 Å². The smallest absolute Gasteiger partial charge is 0.322 e. The molecule has 0 aliphatic rings. The molecule has 0 radical (unpaired) electrons. The Morgan fingerprint density at radius 2 is 1.00 bits per heavy atom. The van der Waals surface area contributed by atoms with E-state index < -0.39 is 24.0 Å². The zero-order chi connectivity index (χ0) is 19.1. The average molecular weight is 360 g/mol. The van der Waals surface area contributed by atoms with Crippen LogP contribution < -0.4 is 10.9 Å². The molecule has 0 fully saturated rings. The predicted molar refractivity (Wildman–Crippen MR) is 92.7 cm³/mol. The molecule has 6 N–H and O–H groups in total. The summed E-state index contributed by atoms with van der Waals surface area (Å²) in [4.78, 5) is 22.8. The number of hydrogen-bond acceptors (Lipinski definition) is 6. The highest BCUT2D eigenvalue weighted by molar-refractivity contribution is 5.75. The van der Waals surface area contributed by atoms with Gasteiger partial charge < -0.3 is 20.4 Å². The molecule has 0 heterocycles. The van der Waals surface area contributed by atoms with Gasteiger partial charge in [0.05, 0.1) is 0 Å². The molecule has 0 unspecified atom stereocenters. The van der Waals surface area contributed by atoms with E-state index in [9.17, 15) is 30.0 Å². The molecule has 0 saturated carbocycles. The fourth-order valence-electron chi connectivity index (χ4n) is 2.34. The van der Waals surface area contributed by atoms with Crippen LogP contribution in [0.15, 0.2) is 48.5 Å². The maximum atomic E-state index is 11.4. The highest BCUT2D eigenvalue weighted by Gasteiger charge is 2.23. The lowest BCUT2D eigenvalue weighted by molar-refractivity contribution is -0.143. The molecule has 8 heteroatoms. The predicted octanol–water partition coefficient (Wildman–Crippen LogP) is 0.884. The van der Waals surface area contributed by atoms with Crippen molar-refractivity contribution in [3.8, 4) is 11.5 Å². The van der Waals surface area contributed by atoms with E-state index in [1.807, 2.05) is 0 Å². The van der Waals surface area contributed by atoms with Crippen LogP contribution >= 0.6 is 0 Å². The largest absolute Gasteiger partial charge is 0.508 e. The number of benzene rings is 2. The molecule has 2 aromatic rings. The molecule has 2 aromatic carbocycles. The lowest BCUT2D eigenvalue weighted by atomic mass is 10.1. The maximum Gasteiger partial charge on any atom is 0.322 e. The Kier molecular flexibility index (Phi) is 6.54. The summed E-state index contributed by atoms with van der Waals surface area (Å²) in [5.41, 5.74) is 6.46. The third kappa shape index (κ3) is 5.76. The van der Waals surface area contributed by atoms with Crippen molar-refractivity contribution in [2.45, 2.75) is 24.9 Å². The summed E-state index contributed by atoms with van der Waals surface area (Å²) in [5.74, 6) is -2.13. The number of hydrazine groups is 1. The van der Waals surface area contributed by atoms with E-state index in [2.05, 4.69) is 10.9 Å². The van der Waals surface area contributed by atoms with Gasteiger partial charge in [-0.2, -0.15) is 0 Å². The monoisotopic (exact) mass is 360 g/mol. The van der Waals surface area contributed by atoms with E-state index in [-0.39, 0.29) is 24.3 Å². The van der Waals surface area contributed by atoms with Gasteiger partial charge in [-0.25, -0.2) is 10.9 Å². The lowest BCUT2D eigenvalue weighted by Gasteiger charge is -2.20. The Labute approximate surface area is 149 Å². The fourth-order valence-corrected chi connectivity index (χ4v) is 2.34. The van der Waals surface area contributed by atoms with Gasteiger partial charge in [-0.05, 0) is 48.2 Å². The summed E-state index contributed by atoms with van der Waals surface area (Å²) in [6.07, 6.45) is 0.211. The molecular formula is C18H20N2O6. The molecule has 0 saturated heterocycles. The van der Waals surface area contributed by atoms with Crippen molar-refractivity contribution in [3.05, 3.63) is 59.7 Å². The Bertz CT molecular complexity index is 680. The number of phenols is 2. The Hall–Kier alpha value is -3.10. The van der Waals surface area contributed by atoms with Gasteiger partial charge in [-0.1, -0.05) is 24.3 Å². The topological polar surface area (TPSA) is 139 Å². The van der Waals surface area contributed by atoms with Crippen molar-refractivity contribution in [1.29, 1.82) is 0 Å². The van der Waals surface area contributed by atoms with Crippen molar-refractivity contribution in [3.63, 3.8) is 0 Å². The van der Waals surface area contributed by atoms with Crippen molar-refractivity contribution >= 4 is 11.9 Å². The van der Waals surface area contributed by atoms with Crippen LogP contribution in [0, 0.1) is 0 Å². The highest BCUT2D eigenvalue weighted by Crippen LogP contribution is 2.13. The lowest BCUT2D eigenvalue weighted by Crippen LogP contribution is -2.53.